The van der Waals surface area contributed by atoms with Crippen LogP contribution < -0.4 is 10.1 Å². The largest absolute Gasteiger partial charge is 0.497 e. The molecule has 0 radical (unpaired) electrons. The van der Waals surface area contributed by atoms with E-state index in [9.17, 15) is 13.2 Å². The molecular formula is C21H22N4O5S. The van der Waals surface area contributed by atoms with Gasteiger partial charge in [-0.2, -0.15) is 9.29 Å². The molecule has 1 N–H and O–H groups in total. The van der Waals surface area contributed by atoms with Gasteiger partial charge in [-0.25, -0.2) is 8.42 Å². The third-order valence-corrected chi connectivity index (χ3v) is 6.91. The zero-order chi connectivity index (χ0) is 21.8. The number of amides is 1. The van der Waals surface area contributed by atoms with Gasteiger partial charge < -0.3 is 14.6 Å². The van der Waals surface area contributed by atoms with E-state index in [1.54, 1.807) is 43.5 Å². The maximum Gasteiger partial charge on any atom is 0.251 e. The maximum absolute atomic E-state index is 12.7. The average Bonchev–Trinajstić information content (AvgIpc) is 3.50. The quantitative estimate of drug-likeness (QED) is 0.598. The molecule has 1 amide bonds. The molecule has 1 aliphatic heterocycles. The van der Waals surface area contributed by atoms with Crippen molar-refractivity contribution in [1.29, 1.82) is 0 Å². The molecule has 0 unspecified atom stereocenters. The SMILES string of the molecule is COc1ccc(-c2noc(CNC(=O)c3cccc(S(=O)(=O)N4CCCC4)c3)n2)cc1. The Balaban J connectivity index is 1.42. The molecule has 2 aromatic carbocycles. The van der Waals surface area contributed by atoms with E-state index in [-0.39, 0.29) is 22.9 Å². The summed E-state index contributed by atoms with van der Waals surface area (Å²) in [6.45, 7) is 1.03. The van der Waals surface area contributed by atoms with Gasteiger partial charge in [0.1, 0.15) is 5.75 Å². The minimum absolute atomic E-state index is 0.0189. The van der Waals surface area contributed by atoms with Gasteiger partial charge in [0.25, 0.3) is 5.91 Å². The normalized spacial score (nSPS) is 14.5. The molecule has 2 heterocycles. The molecule has 1 saturated heterocycles. The predicted octanol–water partition coefficient (Wildman–Crippen LogP) is 2.46. The molecular weight excluding hydrogens is 420 g/mol. The number of nitrogens with zero attached hydrogens (tertiary/aromatic N) is 3. The van der Waals surface area contributed by atoms with Crippen molar-refractivity contribution in [2.75, 3.05) is 20.2 Å². The van der Waals surface area contributed by atoms with Crippen LogP contribution in [0.2, 0.25) is 0 Å². The number of ether oxygens (including phenoxy) is 1. The molecule has 4 rings (SSSR count). The fourth-order valence-electron chi connectivity index (χ4n) is 3.32. The Morgan fingerprint density at radius 2 is 1.90 bits per heavy atom. The topological polar surface area (TPSA) is 115 Å². The van der Waals surface area contributed by atoms with Gasteiger partial charge in [-0.05, 0) is 55.3 Å². The molecule has 0 spiro atoms. The summed E-state index contributed by atoms with van der Waals surface area (Å²) in [6, 6.07) is 13.2. The van der Waals surface area contributed by atoms with Gasteiger partial charge in [0.2, 0.25) is 21.7 Å². The zero-order valence-corrected chi connectivity index (χ0v) is 17.8. The van der Waals surface area contributed by atoms with Crippen molar-refractivity contribution in [2.24, 2.45) is 0 Å². The summed E-state index contributed by atoms with van der Waals surface area (Å²) in [4.78, 5) is 16.9. The van der Waals surface area contributed by atoms with Crippen molar-refractivity contribution < 1.29 is 22.5 Å². The van der Waals surface area contributed by atoms with Crippen LogP contribution in [0.25, 0.3) is 11.4 Å². The van der Waals surface area contributed by atoms with E-state index in [4.69, 9.17) is 9.26 Å². The van der Waals surface area contributed by atoms with Crippen molar-refractivity contribution in [2.45, 2.75) is 24.3 Å². The minimum atomic E-state index is -3.59. The van der Waals surface area contributed by atoms with E-state index in [0.29, 0.717) is 24.7 Å². The number of sulfonamides is 1. The van der Waals surface area contributed by atoms with Crippen LogP contribution in [0.5, 0.6) is 5.75 Å². The summed E-state index contributed by atoms with van der Waals surface area (Å²) in [5, 5.41) is 6.60. The number of hydrogen-bond donors (Lipinski definition) is 1. The minimum Gasteiger partial charge on any atom is -0.497 e. The highest BCUT2D eigenvalue weighted by atomic mass is 32.2. The Hall–Kier alpha value is -3.24. The molecule has 1 aliphatic rings. The summed E-state index contributed by atoms with van der Waals surface area (Å²) in [6.07, 6.45) is 1.70. The van der Waals surface area contributed by atoms with Crippen molar-refractivity contribution in [1.82, 2.24) is 19.8 Å². The Morgan fingerprint density at radius 1 is 1.16 bits per heavy atom. The van der Waals surface area contributed by atoms with Crippen LogP contribution in [0.3, 0.4) is 0 Å². The van der Waals surface area contributed by atoms with Gasteiger partial charge in [0.15, 0.2) is 0 Å². The predicted molar refractivity (Wildman–Crippen MR) is 112 cm³/mol. The van der Waals surface area contributed by atoms with Crippen LogP contribution in [-0.2, 0) is 16.6 Å². The maximum atomic E-state index is 12.7. The second-order valence-electron chi connectivity index (χ2n) is 7.06. The molecule has 10 heteroatoms. The Kier molecular flexibility index (Phi) is 6.01. The Labute approximate surface area is 180 Å². The van der Waals surface area contributed by atoms with Crippen molar-refractivity contribution in [3.05, 3.63) is 60.0 Å². The number of rotatable bonds is 7. The highest BCUT2D eigenvalue weighted by molar-refractivity contribution is 7.89. The Bertz CT molecular complexity index is 1170. The molecule has 0 bridgehead atoms. The third-order valence-electron chi connectivity index (χ3n) is 5.02. The number of aromatic nitrogens is 2. The second kappa shape index (κ2) is 8.86. The standard InChI is InChI=1S/C21H22N4O5S/c1-29-17-9-7-15(8-10-17)20-23-19(30-24-20)14-22-21(26)16-5-4-6-18(13-16)31(27,28)25-11-2-3-12-25/h4-10,13H,2-3,11-12,14H2,1H3,(H,22,26). The van der Waals surface area contributed by atoms with Crippen LogP contribution in [-0.4, -0.2) is 49.0 Å². The van der Waals surface area contributed by atoms with Gasteiger partial charge in [-0.1, -0.05) is 11.2 Å². The number of hydrogen-bond acceptors (Lipinski definition) is 7. The molecule has 9 nitrogen and oxygen atoms in total. The van der Waals surface area contributed by atoms with Crippen LogP contribution in [0.1, 0.15) is 29.1 Å². The van der Waals surface area contributed by atoms with Crippen LogP contribution in [0.4, 0.5) is 0 Å². The van der Waals surface area contributed by atoms with Crippen molar-refractivity contribution in [3.63, 3.8) is 0 Å². The lowest BCUT2D eigenvalue weighted by atomic mass is 10.2. The molecule has 1 fully saturated rings. The second-order valence-corrected chi connectivity index (χ2v) is 9.00. The lowest BCUT2D eigenvalue weighted by molar-refractivity contribution is 0.0946. The first-order valence-corrected chi connectivity index (χ1v) is 11.3. The van der Waals surface area contributed by atoms with E-state index in [2.05, 4.69) is 15.5 Å². The van der Waals surface area contributed by atoms with Crippen molar-refractivity contribution >= 4 is 15.9 Å². The lowest BCUT2D eigenvalue weighted by Crippen LogP contribution is -2.28. The lowest BCUT2D eigenvalue weighted by Gasteiger charge is -2.15. The first-order valence-electron chi connectivity index (χ1n) is 9.83. The molecule has 162 valence electrons. The first-order chi connectivity index (χ1) is 15.0. The van der Waals surface area contributed by atoms with Crippen LogP contribution in [0, 0.1) is 0 Å². The first kappa shape index (κ1) is 21.0. The Morgan fingerprint density at radius 3 is 2.61 bits per heavy atom. The fourth-order valence-corrected chi connectivity index (χ4v) is 4.88. The number of carbonyl (C=O) groups is 1. The van der Waals surface area contributed by atoms with Gasteiger partial charge in [-0.3, -0.25) is 4.79 Å². The van der Waals surface area contributed by atoms with E-state index < -0.39 is 15.9 Å². The highest BCUT2D eigenvalue weighted by Crippen LogP contribution is 2.22. The summed E-state index contributed by atoms with van der Waals surface area (Å²) in [5.74, 6) is 0.919. The number of methoxy groups -OCH3 is 1. The summed E-state index contributed by atoms with van der Waals surface area (Å²) < 4.78 is 37.2. The third kappa shape index (κ3) is 4.59. The average molecular weight is 442 g/mol. The number of benzene rings is 2. The van der Waals surface area contributed by atoms with Crippen LogP contribution >= 0.6 is 0 Å². The number of nitrogens with one attached hydrogen (secondary N) is 1. The summed E-state index contributed by atoms with van der Waals surface area (Å²) >= 11 is 0. The molecule has 3 aromatic rings. The monoisotopic (exact) mass is 442 g/mol. The van der Waals surface area contributed by atoms with Gasteiger partial charge >= 0.3 is 0 Å². The zero-order valence-electron chi connectivity index (χ0n) is 16.9. The van der Waals surface area contributed by atoms with Gasteiger partial charge in [0.05, 0.1) is 18.6 Å². The summed E-state index contributed by atoms with van der Waals surface area (Å²) in [5.41, 5.74) is 0.997. The summed E-state index contributed by atoms with van der Waals surface area (Å²) in [7, 11) is -2.01. The van der Waals surface area contributed by atoms with E-state index in [0.717, 1.165) is 18.4 Å². The fraction of sp³-hybridized carbons (Fsp3) is 0.286. The van der Waals surface area contributed by atoms with Gasteiger partial charge in [0, 0.05) is 24.2 Å². The molecule has 0 saturated carbocycles. The van der Waals surface area contributed by atoms with E-state index >= 15 is 0 Å². The van der Waals surface area contributed by atoms with Crippen molar-refractivity contribution in [3.8, 4) is 17.1 Å². The van der Waals surface area contributed by atoms with E-state index in [1.165, 1.54) is 16.4 Å². The van der Waals surface area contributed by atoms with E-state index in [1.807, 2.05) is 0 Å². The molecule has 0 atom stereocenters. The molecule has 31 heavy (non-hydrogen) atoms. The highest BCUT2D eigenvalue weighted by Gasteiger charge is 2.27. The number of carbonyl (C=O) groups excluding carboxylic acids is 1. The van der Waals surface area contributed by atoms with Gasteiger partial charge in [-0.15, -0.1) is 0 Å². The molecule has 1 aromatic heterocycles. The molecule has 0 aliphatic carbocycles. The van der Waals surface area contributed by atoms with Crippen LogP contribution in [0.15, 0.2) is 57.9 Å². The smallest absolute Gasteiger partial charge is 0.251 e.